The van der Waals surface area contributed by atoms with E-state index in [0.717, 1.165) is 5.56 Å². The van der Waals surface area contributed by atoms with Gasteiger partial charge in [0.2, 0.25) is 5.43 Å². The van der Waals surface area contributed by atoms with Gasteiger partial charge in [-0.15, -0.1) is 0 Å². The van der Waals surface area contributed by atoms with Crippen molar-refractivity contribution < 1.29 is 23.8 Å². The number of rotatable bonds is 7. The molecular formula is C20H25FN2O5. The van der Waals surface area contributed by atoms with Gasteiger partial charge in [-0.1, -0.05) is 6.07 Å². The summed E-state index contributed by atoms with van der Waals surface area (Å²) < 4.78 is 19.4. The number of nitrogens with zero attached hydrogens (tertiary/aromatic N) is 1. The van der Waals surface area contributed by atoms with E-state index in [0.29, 0.717) is 24.9 Å². The molecule has 152 valence electrons. The highest BCUT2D eigenvalue weighted by Crippen LogP contribution is 2.16. The molecule has 1 aromatic heterocycles. The largest absolute Gasteiger partial charge is 0.477 e. The Labute approximate surface area is 162 Å². The number of carbonyl (C=O) groups is 2. The summed E-state index contributed by atoms with van der Waals surface area (Å²) in [4.78, 5) is 35.4. The molecule has 0 spiro atoms. The zero-order valence-electron chi connectivity index (χ0n) is 16.3. The summed E-state index contributed by atoms with van der Waals surface area (Å²) in [5.74, 6) is -1.34. The Morgan fingerprint density at radius 1 is 1.29 bits per heavy atom. The molecule has 1 heterocycles. The number of aryl methyl sites for hydroxylation is 2. The van der Waals surface area contributed by atoms with Gasteiger partial charge < -0.3 is 19.7 Å². The van der Waals surface area contributed by atoms with Crippen LogP contribution in [0.1, 0.15) is 43.1 Å². The van der Waals surface area contributed by atoms with E-state index in [2.05, 4.69) is 5.32 Å². The molecule has 2 rings (SSSR count). The number of hydrogen-bond donors (Lipinski definition) is 2. The summed E-state index contributed by atoms with van der Waals surface area (Å²) in [6.07, 6.45) is 1.87. The Morgan fingerprint density at radius 2 is 2.00 bits per heavy atom. The lowest BCUT2D eigenvalue weighted by molar-refractivity contribution is 0.0526. The molecule has 2 aromatic rings. The Kier molecular flexibility index (Phi) is 6.77. The molecule has 7 nitrogen and oxygen atoms in total. The van der Waals surface area contributed by atoms with Crippen molar-refractivity contribution in [2.75, 3.05) is 13.2 Å². The molecule has 0 unspecified atom stereocenters. The van der Waals surface area contributed by atoms with Crippen molar-refractivity contribution in [2.45, 2.75) is 45.8 Å². The van der Waals surface area contributed by atoms with E-state index >= 15 is 0 Å². The molecule has 0 aliphatic heterocycles. The number of pyridine rings is 1. The molecule has 0 bridgehead atoms. The van der Waals surface area contributed by atoms with Crippen LogP contribution in [0.5, 0.6) is 0 Å². The molecule has 0 saturated carbocycles. The Hall–Kier alpha value is -2.90. The van der Waals surface area contributed by atoms with Crippen LogP contribution in [0.3, 0.4) is 0 Å². The maximum Gasteiger partial charge on any atom is 0.407 e. The number of ether oxygens (including phenoxy) is 1. The third-order valence-electron chi connectivity index (χ3n) is 4.01. The lowest BCUT2D eigenvalue weighted by atomic mass is 10.0. The zero-order chi connectivity index (χ0) is 20.9. The number of aromatic nitrogens is 1. The number of alkyl carbamates (subject to hydrolysis) is 1. The fraction of sp³-hybridized carbons (Fsp3) is 0.450. The third kappa shape index (κ3) is 5.55. The molecule has 0 radical (unpaired) electrons. The minimum absolute atomic E-state index is 0.0315. The summed E-state index contributed by atoms with van der Waals surface area (Å²) in [6.45, 7) is 5.04. The van der Waals surface area contributed by atoms with E-state index in [9.17, 15) is 23.9 Å². The molecule has 28 heavy (non-hydrogen) atoms. The molecule has 0 atom stereocenters. The minimum Gasteiger partial charge on any atom is -0.477 e. The Balaban J connectivity index is 2.15. The summed E-state index contributed by atoms with van der Waals surface area (Å²) in [5.41, 5.74) is -0.228. The van der Waals surface area contributed by atoms with E-state index in [1.807, 2.05) is 6.07 Å². The van der Waals surface area contributed by atoms with Crippen LogP contribution in [0, 0.1) is 0 Å². The van der Waals surface area contributed by atoms with Gasteiger partial charge in [-0.05, 0) is 51.3 Å². The van der Waals surface area contributed by atoms with Gasteiger partial charge in [-0.2, -0.15) is 0 Å². The summed E-state index contributed by atoms with van der Waals surface area (Å²) in [7, 11) is 0. The number of carboxylic acids is 1. The lowest BCUT2D eigenvalue weighted by Gasteiger charge is -2.19. The van der Waals surface area contributed by atoms with Crippen LogP contribution in [0.15, 0.2) is 29.2 Å². The maximum atomic E-state index is 12.8. The smallest absolute Gasteiger partial charge is 0.407 e. The van der Waals surface area contributed by atoms with Crippen LogP contribution in [0.2, 0.25) is 0 Å². The number of amides is 1. The van der Waals surface area contributed by atoms with Crippen LogP contribution in [-0.4, -0.2) is 40.6 Å². The Bertz CT molecular complexity index is 931. The summed E-state index contributed by atoms with van der Waals surface area (Å²) in [5, 5.41) is 12.1. The van der Waals surface area contributed by atoms with Crippen molar-refractivity contribution in [3.05, 3.63) is 45.7 Å². The number of fused-ring (bicyclic) bond motifs is 1. The number of carbonyl (C=O) groups excluding carboxylic acids is 1. The van der Waals surface area contributed by atoms with Gasteiger partial charge in [0.05, 0.1) is 12.1 Å². The van der Waals surface area contributed by atoms with Crippen LogP contribution in [0.4, 0.5) is 9.18 Å². The van der Waals surface area contributed by atoms with Crippen molar-refractivity contribution in [1.82, 2.24) is 9.88 Å². The predicted octanol–water partition coefficient (Wildman–Crippen LogP) is 3.13. The second-order valence-corrected chi connectivity index (χ2v) is 7.44. The van der Waals surface area contributed by atoms with E-state index < -0.39 is 29.8 Å². The zero-order valence-corrected chi connectivity index (χ0v) is 16.3. The fourth-order valence-electron chi connectivity index (χ4n) is 2.83. The molecule has 0 aliphatic carbocycles. The number of aromatic carboxylic acids is 1. The average Bonchev–Trinajstić information content (AvgIpc) is 2.59. The van der Waals surface area contributed by atoms with Crippen LogP contribution in [-0.2, 0) is 17.7 Å². The first-order chi connectivity index (χ1) is 13.1. The number of nitrogens with one attached hydrogen (secondary N) is 1. The third-order valence-corrected chi connectivity index (χ3v) is 4.01. The quantitative estimate of drug-likeness (QED) is 0.706. The van der Waals surface area contributed by atoms with Gasteiger partial charge in [-0.3, -0.25) is 4.79 Å². The van der Waals surface area contributed by atoms with Crippen molar-refractivity contribution in [3.8, 4) is 0 Å². The summed E-state index contributed by atoms with van der Waals surface area (Å²) in [6, 6.07) is 5.13. The van der Waals surface area contributed by atoms with Gasteiger partial charge in [-0.25, -0.2) is 14.0 Å². The molecule has 8 heteroatoms. The van der Waals surface area contributed by atoms with E-state index in [4.69, 9.17) is 4.74 Å². The Morgan fingerprint density at radius 3 is 2.61 bits per heavy atom. The topological polar surface area (TPSA) is 97.6 Å². The second-order valence-electron chi connectivity index (χ2n) is 7.44. The molecule has 2 N–H and O–H groups in total. The van der Waals surface area contributed by atoms with Crippen LogP contribution < -0.4 is 10.7 Å². The molecular weight excluding hydrogens is 367 g/mol. The standard InChI is InChI=1S/C20H25FN2O5/c1-20(2,3)28-19(27)22-9-4-5-13-6-7-16-14(11-13)17(24)15(18(25)26)12-23(16)10-8-21/h6-7,11-12H,4-5,8-10H2,1-3H3,(H,22,27)(H,25,26). The highest BCUT2D eigenvalue weighted by molar-refractivity contribution is 5.92. The first kappa shape index (κ1) is 21.4. The minimum atomic E-state index is -1.34. The SMILES string of the molecule is CC(C)(C)OC(=O)NCCCc1ccc2c(c1)c(=O)c(C(=O)O)cn2CCF. The summed E-state index contributed by atoms with van der Waals surface area (Å²) >= 11 is 0. The fourth-order valence-corrected chi connectivity index (χ4v) is 2.83. The van der Waals surface area contributed by atoms with Crippen LogP contribution in [0.25, 0.3) is 10.9 Å². The van der Waals surface area contributed by atoms with E-state index in [1.165, 1.54) is 10.8 Å². The maximum absolute atomic E-state index is 12.8. The van der Waals surface area contributed by atoms with E-state index in [-0.39, 0.29) is 17.5 Å². The molecule has 0 saturated heterocycles. The number of halogens is 1. The van der Waals surface area contributed by atoms with E-state index in [1.54, 1.807) is 32.9 Å². The predicted molar refractivity (Wildman–Crippen MR) is 104 cm³/mol. The highest BCUT2D eigenvalue weighted by atomic mass is 19.1. The average molecular weight is 392 g/mol. The number of alkyl halides is 1. The van der Waals surface area contributed by atoms with Gasteiger partial charge in [0.25, 0.3) is 0 Å². The van der Waals surface area contributed by atoms with Gasteiger partial charge in [0, 0.05) is 18.1 Å². The van der Waals surface area contributed by atoms with Gasteiger partial charge in [0.1, 0.15) is 17.8 Å². The molecule has 1 aromatic carbocycles. The lowest BCUT2D eigenvalue weighted by Crippen LogP contribution is -2.33. The van der Waals surface area contributed by atoms with Gasteiger partial charge in [0.15, 0.2) is 0 Å². The molecule has 1 amide bonds. The van der Waals surface area contributed by atoms with Gasteiger partial charge >= 0.3 is 12.1 Å². The monoisotopic (exact) mass is 392 g/mol. The highest BCUT2D eigenvalue weighted by Gasteiger charge is 2.16. The van der Waals surface area contributed by atoms with Crippen molar-refractivity contribution in [2.24, 2.45) is 0 Å². The van der Waals surface area contributed by atoms with Crippen molar-refractivity contribution >= 4 is 23.0 Å². The molecule has 0 fully saturated rings. The molecule has 0 aliphatic rings. The number of carboxylic acid groups (broad SMARTS) is 1. The first-order valence-corrected chi connectivity index (χ1v) is 9.04. The van der Waals surface area contributed by atoms with Crippen molar-refractivity contribution in [1.29, 1.82) is 0 Å². The van der Waals surface area contributed by atoms with Crippen molar-refractivity contribution in [3.63, 3.8) is 0 Å². The number of hydrogen-bond acceptors (Lipinski definition) is 4. The normalized spacial score (nSPS) is 11.4. The van der Waals surface area contributed by atoms with Crippen LogP contribution >= 0.6 is 0 Å². The number of benzene rings is 1. The second kappa shape index (κ2) is 8.86. The first-order valence-electron chi connectivity index (χ1n) is 9.04.